The van der Waals surface area contributed by atoms with Gasteiger partial charge >= 0.3 is 0 Å². The number of aryl methyl sites for hydroxylation is 1. The normalized spacial score (nSPS) is 22.8. The van der Waals surface area contributed by atoms with E-state index in [9.17, 15) is 9.59 Å². The third kappa shape index (κ3) is 2.39. The summed E-state index contributed by atoms with van der Waals surface area (Å²) in [6.45, 7) is 2.00. The molecule has 1 saturated carbocycles. The number of rotatable bonds is 4. The number of carbonyl (C=O) groups excluding carboxylic acids is 2. The van der Waals surface area contributed by atoms with Crippen molar-refractivity contribution in [3.05, 3.63) is 138 Å². The summed E-state index contributed by atoms with van der Waals surface area (Å²) >= 11 is 0. The summed E-state index contributed by atoms with van der Waals surface area (Å²) in [6.07, 6.45) is 0. The summed E-state index contributed by atoms with van der Waals surface area (Å²) in [5.41, 5.74) is 2.86. The number of benzene rings is 4. The molecule has 0 aromatic heterocycles. The van der Waals surface area contributed by atoms with Gasteiger partial charge in [0, 0.05) is 0 Å². The van der Waals surface area contributed by atoms with Crippen LogP contribution in [0.15, 0.2) is 115 Å². The zero-order valence-electron chi connectivity index (χ0n) is 18.3. The molecule has 0 radical (unpaired) electrons. The fourth-order valence-corrected chi connectivity index (χ4v) is 6.06. The molecule has 0 spiro atoms. The van der Waals surface area contributed by atoms with Crippen LogP contribution < -0.4 is 4.90 Å². The first-order valence-corrected chi connectivity index (χ1v) is 11.2. The predicted octanol–water partition coefficient (Wildman–Crippen LogP) is 5.42. The minimum absolute atomic E-state index is 0.139. The van der Waals surface area contributed by atoms with E-state index in [1.165, 1.54) is 4.90 Å². The first-order valence-electron chi connectivity index (χ1n) is 11.2. The molecule has 3 nitrogen and oxygen atoms in total. The number of nitrogens with zero attached hydrogens (tertiary/aromatic N) is 1. The number of piperidine rings is 1. The molecule has 0 bridgehead atoms. The van der Waals surface area contributed by atoms with Crippen molar-refractivity contribution in [2.75, 3.05) is 4.90 Å². The average Bonchev–Trinajstić information content (AvgIpc) is 3.46. The largest absolute Gasteiger partial charge is 0.274 e. The highest BCUT2D eigenvalue weighted by Crippen LogP contribution is 2.77. The Morgan fingerprint density at radius 3 is 1.45 bits per heavy atom. The van der Waals surface area contributed by atoms with Gasteiger partial charge in [0.2, 0.25) is 11.8 Å². The standard InChI is InChI=1S/C30H23NO2/c1-21-17-19-25(20-18-21)31-27(32)26-29(22-11-5-2-6-12-22,23-13-7-3-8-14-23)30(26,28(31)33)24-15-9-4-10-16-24/h2-20,26H,1H3/t26-,30+/m0/s1. The molecule has 0 unspecified atom stereocenters. The van der Waals surface area contributed by atoms with E-state index >= 15 is 0 Å². The van der Waals surface area contributed by atoms with E-state index in [1.807, 2.05) is 122 Å². The fourth-order valence-electron chi connectivity index (χ4n) is 6.06. The highest BCUT2D eigenvalue weighted by atomic mass is 16.2. The topological polar surface area (TPSA) is 37.4 Å². The lowest BCUT2D eigenvalue weighted by Gasteiger charge is -2.31. The maximum absolute atomic E-state index is 14.4. The molecule has 1 aliphatic heterocycles. The number of imide groups is 1. The number of carbonyl (C=O) groups is 2. The van der Waals surface area contributed by atoms with Gasteiger partial charge in [-0.15, -0.1) is 0 Å². The Labute approximate surface area is 193 Å². The minimum Gasteiger partial charge on any atom is -0.274 e. The third-order valence-corrected chi connectivity index (χ3v) is 7.39. The van der Waals surface area contributed by atoms with Crippen LogP contribution in [-0.4, -0.2) is 11.8 Å². The molecule has 33 heavy (non-hydrogen) atoms. The van der Waals surface area contributed by atoms with Gasteiger partial charge in [-0.05, 0) is 35.7 Å². The summed E-state index contributed by atoms with van der Waals surface area (Å²) < 4.78 is 0. The molecule has 4 aromatic carbocycles. The molecule has 1 saturated heterocycles. The van der Waals surface area contributed by atoms with Crippen molar-refractivity contribution in [1.29, 1.82) is 0 Å². The molecule has 1 aliphatic carbocycles. The van der Waals surface area contributed by atoms with Gasteiger partial charge in [0.05, 0.1) is 17.0 Å². The van der Waals surface area contributed by atoms with E-state index in [2.05, 4.69) is 0 Å². The van der Waals surface area contributed by atoms with Crippen LogP contribution in [0.5, 0.6) is 0 Å². The molecule has 2 aliphatic rings. The number of fused-ring (bicyclic) bond motifs is 1. The first-order chi connectivity index (χ1) is 16.1. The van der Waals surface area contributed by atoms with Gasteiger partial charge < -0.3 is 0 Å². The molecule has 3 heteroatoms. The van der Waals surface area contributed by atoms with E-state index < -0.39 is 16.7 Å². The molecule has 2 amide bonds. The lowest BCUT2D eigenvalue weighted by atomic mass is 9.76. The van der Waals surface area contributed by atoms with Gasteiger partial charge in [-0.25, -0.2) is 4.90 Å². The van der Waals surface area contributed by atoms with Crippen molar-refractivity contribution in [1.82, 2.24) is 0 Å². The molecular weight excluding hydrogens is 406 g/mol. The van der Waals surface area contributed by atoms with Crippen LogP contribution in [0.4, 0.5) is 5.69 Å². The van der Waals surface area contributed by atoms with Crippen molar-refractivity contribution in [3.63, 3.8) is 0 Å². The van der Waals surface area contributed by atoms with E-state index in [-0.39, 0.29) is 11.8 Å². The van der Waals surface area contributed by atoms with E-state index in [4.69, 9.17) is 0 Å². The molecule has 6 rings (SSSR count). The second-order valence-corrected chi connectivity index (χ2v) is 8.96. The van der Waals surface area contributed by atoms with Gasteiger partial charge in [-0.1, -0.05) is 109 Å². The molecular formula is C30H23NO2. The Bertz CT molecular complexity index is 1310. The SMILES string of the molecule is Cc1ccc(N2C(=O)[C@H]3C(c4ccccc4)(c4ccccc4)[C@@]3(c3ccccc3)C2=O)cc1. The number of hydrogen-bond donors (Lipinski definition) is 0. The van der Waals surface area contributed by atoms with Crippen LogP contribution in [0.3, 0.4) is 0 Å². The zero-order valence-corrected chi connectivity index (χ0v) is 18.3. The lowest BCUT2D eigenvalue weighted by Crippen LogP contribution is -2.44. The van der Waals surface area contributed by atoms with Crippen LogP contribution >= 0.6 is 0 Å². The molecule has 2 fully saturated rings. The van der Waals surface area contributed by atoms with Crippen molar-refractivity contribution in [2.24, 2.45) is 5.92 Å². The number of anilines is 1. The summed E-state index contributed by atoms with van der Waals surface area (Å²) in [6, 6.07) is 37.5. The van der Waals surface area contributed by atoms with Crippen LogP contribution in [-0.2, 0) is 20.4 Å². The van der Waals surface area contributed by atoms with E-state index in [1.54, 1.807) is 0 Å². The van der Waals surface area contributed by atoms with Gasteiger partial charge in [-0.3, -0.25) is 9.59 Å². The van der Waals surface area contributed by atoms with Gasteiger partial charge in [0.15, 0.2) is 0 Å². The summed E-state index contributed by atoms with van der Waals surface area (Å²) in [7, 11) is 0. The smallest absolute Gasteiger partial charge is 0.246 e. The Hall–Kier alpha value is -3.98. The molecule has 4 aromatic rings. The molecule has 0 N–H and O–H groups in total. The maximum atomic E-state index is 14.4. The van der Waals surface area contributed by atoms with Crippen LogP contribution in [0.1, 0.15) is 22.3 Å². The molecule has 2 atom stereocenters. The Balaban J connectivity index is 1.64. The van der Waals surface area contributed by atoms with Crippen LogP contribution in [0, 0.1) is 12.8 Å². The quantitative estimate of drug-likeness (QED) is 0.406. The first kappa shape index (κ1) is 19.7. The summed E-state index contributed by atoms with van der Waals surface area (Å²) in [5.74, 6) is -0.799. The van der Waals surface area contributed by atoms with Crippen LogP contribution in [0.25, 0.3) is 0 Å². The lowest BCUT2D eigenvalue weighted by molar-refractivity contribution is -0.124. The highest BCUT2D eigenvalue weighted by molar-refractivity contribution is 6.32. The Kier molecular flexibility index (Phi) is 4.18. The van der Waals surface area contributed by atoms with Gasteiger partial charge in [0.1, 0.15) is 5.41 Å². The predicted molar refractivity (Wildman–Crippen MR) is 129 cm³/mol. The Morgan fingerprint density at radius 2 is 1.00 bits per heavy atom. The van der Waals surface area contributed by atoms with Gasteiger partial charge in [0.25, 0.3) is 0 Å². The van der Waals surface area contributed by atoms with Crippen molar-refractivity contribution in [2.45, 2.75) is 17.8 Å². The minimum atomic E-state index is -0.987. The second kappa shape index (κ2) is 7.01. The fraction of sp³-hybridized carbons (Fsp3) is 0.133. The number of amides is 2. The maximum Gasteiger partial charge on any atom is 0.246 e. The second-order valence-electron chi connectivity index (χ2n) is 8.96. The van der Waals surface area contributed by atoms with Crippen molar-refractivity contribution < 1.29 is 9.59 Å². The van der Waals surface area contributed by atoms with Crippen molar-refractivity contribution in [3.8, 4) is 0 Å². The number of hydrogen-bond acceptors (Lipinski definition) is 2. The van der Waals surface area contributed by atoms with E-state index in [0.717, 1.165) is 22.3 Å². The Morgan fingerprint density at radius 1 is 0.576 bits per heavy atom. The average molecular weight is 430 g/mol. The molecule has 1 heterocycles. The monoisotopic (exact) mass is 429 g/mol. The highest BCUT2D eigenvalue weighted by Gasteiger charge is 2.89. The third-order valence-electron chi connectivity index (χ3n) is 7.39. The van der Waals surface area contributed by atoms with E-state index in [0.29, 0.717) is 5.69 Å². The van der Waals surface area contributed by atoms with Gasteiger partial charge in [-0.2, -0.15) is 0 Å². The van der Waals surface area contributed by atoms with Crippen LogP contribution in [0.2, 0.25) is 0 Å². The summed E-state index contributed by atoms with van der Waals surface area (Å²) in [4.78, 5) is 29.9. The molecule has 160 valence electrons. The van der Waals surface area contributed by atoms with Crippen molar-refractivity contribution >= 4 is 17.5 Å². The zero-order chi connectivity index (χ0) is 22.6. The summed E-state index contributed by atoms with van der Waals surface area (Å²) in [5, 5.41) is 0.